The van der Waals surface area contributed by atoms with E-state index in [0.717, 1.165) is 36.3 Å². The average molecular weight is 384 g/mol. The van der Waals surface area contributed by atoms with Crippen LogP contribution in [0.2, 0.25) is 0 Å². The van der Waals surface area contributed by atoms with E-state index in [-0.39, 0.29) is 5.91 Å². The highest BCUT2D eigenvalue weighted by Crippen LogP contribution is 2.28. The summed E-state index contributed by atoms with van der Waals surface area (Å²) >= 11 is 0. The zero-order chi connectivity index (χ0) is 19.8. The molecule has 0 spiro atoms. The lowest BCUT2D eigenvalue weighted by Gasteiger charge is -2.22. The van der Waals surface area contributed by atoms with Gasteiger partial charge in [0.05, 0.1) is 12.9 Å². The summed E-state index contributed by atoms with van der Waals surface area (Å²) in [5.74, 6) is 1.64. The first-order valence-electron chi connectivity index (χ1n) is 9.59. The van der Waals surface area contributed by atoms with Crippen molar-refractivity contribution in [3.05, 3.63) is 54.0 Å². The Morgan fingerprint density at radius 1 is 1.29 bits per heavy atom. The number of ether oxygens (including phenoxy) is 1. The highest BCUT2D eigenvalue weighted by Gasteiger charge is 2.21. The molecule has 1 fully saturated rings. The number of amides is 1. The van der Waals surface area contributed by atoms with Crippen LogP contribution in [-0.2, 0) is 11.3 Å². The SMILES string of the molecule is CN=C(NCc1ccc(NC(=O)c2ccco2)cc1)N(C)CCOCC1CC1. The van der Waals surface area contributed by atoms with E-state index in [9.17, 15) is 4.79 Å². The van der Waals surface area contributed by atoms with Gasteiger partial charge in [-0.3, -0.25) is 9.79 Å². The van der Waals surface area contributed by atoms with E-state index < -0.39 is 0 Å². The van der Waals surface area contributed by atoms with Gasteiger partial charge in [-0.2, -0.15) is 0 Å². The summed E-state index contributed by atoms with van der Waals surface area (Å²) in [4.78, 5) is 18.4. The summed E-state index contributed by atoms with van der Waals surface area (Å²) in [5.41, 5.74) is 1.81. The number of benzene rings is 1. The number of furan rings is 1. The Morgan fingerprint density at radius 3 is 2.71 bits per heavy atom. The van der Waals surface area contributed by atoms with Gasteiger partial charge < -0.3 is 24.7 Å². The molecule has 1 aromatic heterocycles. The minimum atomic E-state index is -0.262. The van der Waals surface area contributed by atoms with Gasteiger partial charge >= 0.3 is 0 Å². The van der Waals surface area contributed by atoms with E-state index in [2.05, 4.69) is 20.5 Å². The summed E-state index contributed by atoms with van der Waals surface area (Å²) in [6, 6.07) is 11.0. The monoisotopic (exact) mass is 384 g/mol. The van der Waals surface area contributed by atoms with Crippen LogP contribution in [-0.4, -0.2) is 50.6 Å². The maximum absolute atomic E-state index is 12.0. The van der Waals surface area contributed by atoms with Gasteiger partial charge in [0, 0.05) is 39.5 Å². The van der Waals surface area contributed by atoms with Crippen molar-refractivity contribution in [2.24, 2.45) is 10.9 Å². The van der Waals surface area contributed by atoms with Gasteiger partial charge in [-0.1, -0.05) is 12.1 Å². The molecule has 0 radical (unpaired) electrons. The van der Waals surface area contributed by atoms with Crippen molar-refractivity contribution in [3.63, 3.8) is 0 Å². The van der Waals surface area contributed by atoms with Crippen LogP contribution in [0.4, 0.5) is 5.69 Å². The fourth-order valence-electron chi connectivity index (χ4n) is 2.71. The zero-order valence-electron chi connectivity index (χ0n) is 16.5. The number of hydrogen-bond acceptors (Lipinski definition) is 4. The predicted octanol–water partition coefficient (Wildman–Crippen LogP) is 2.97. The second-order valence-corrected chi connectivity index (χ2v) is 6.97. The summed E-state index contributed by atoms with van der Waals surface area (Å²) in [6.07, 6.45) is 4.10. The van der Waals surface area contributed by atoms with Crippen molar-refractivity contribution in [3.8, 4) is 0 Å². The summed E-state index contributed by atoms with van der Waals surface area (Å²) in [7, 11) is 3.78. The van der Waals surface area contributed by atoms with Gasteiger partial charge in [-0.25, -0.2) is 0 Å². The zero-order valence-corrected chi connectivity index (χ0v) is 16.5. The van der Waals surface area contributed by atoms with E-state index in [1.807, 2.05) is 31.3 Å². The molecule has 1 heterocycles. The Balaban J connectivity index is 1.41. The molecule has 0 bridgehead atoms. The minimum absolute atomic E-state index is 0.262. The molecule has 2 N–H and O–H groups in total. The van der Waals surface area contributed by atoms with Crippen LogP contribution < -0.4 is 10.6 Å². The molecule has 0 aliphatic heterocycles. The third-order valence-electron chi connectivity index (χ3n) is 4.60. The maximum atomic E-state index is 12.0. The van der Waals surface area contributed by atoms with E-state index in [4.69, 9.17) is 9.15 Å². The number of anilines is 1. The molecule has 1 amide bonds. The number of rotatable bonds is 9. The fourth-order valence-corrected chi connectivity index (χ4v) is 2.71. The summed E-state index contributed by atoms with van der Waals surface area (Å²) < 4.78 is 10.8. The number of aliphatic imine (C=N–C) groups is 1. The van der Waals surface area contributed by atoms with Crippen LogP contribution in [0.3, 0.4) is 0 Å². The number of hydrogen-bond donors (Lipinski definition) is 2. The highest BCUT2D eigenvalue weighted by atomic mass is 16.5. The van der Waals surface area contributed by atoms with Gasteiger partial charge in [-0.05, 0) is 48.6 Å². The Bertz CT molecular complexity index is 767. The highest BCUT2D eigenvalue weighted by molar-refractivity contribution is 6.02. The molecule has 7 heteroatoms. The third kappa shape index (κ3) is 6.13. The van der Waals surface area contributed by atoms with E-state index in [0.29, 0.717) is 18.9 Å². The van der Waals surface area contributed by atoms with Crippen molar-refractivity contribution in [1.82, 2.24) is 10.2 Å². The molecule has 0 unspecified atom stereocenters. The number of guanidine groups is 1. The lowest BCUT2D eigenvalue weighted by atomic mass is 10.2. The van der Waals surface area contributed by atoms with Crippen LogP contribution in [0.1, 0.15) is 29.0 Å². The van der Waals surface area contributed by atoms with Crippen LogP contribution in [0.15, 0.2) is 52.1 Å². The Morgan fingerprint density at radius 2 is 2.07 bits per heavy atom. The van der Waals surface area contributed by atoms with Gasteiger partial charge in [0.15, 0.2) is 11.7 Å². The Labute approximate surface area is 165 Å². The third-order valence-corrected chi connectivity index (χ3v) is 4.60. The normalized spacial score (nSPS) is 14.0. The van der Waals surface area contributed by atoms with Crippen LogP contribution >= 0.6 is 0 Å². The lowest BCUT2D eigenvalue weighted by molar-refractivity contribution is 0.0996. The molecular formula is C21H28N4O3. The number of likely N-dealkylation sites (N-methyl/N-ethyl adjacent to an activating group) is 1. The molecule has 1 aromatic carbocycles. The van der Waals surface area contributed by atoms with Gasteiger partial charge in [0.2, 0.25) is 0 Å². The summed E-state index contributed by atoms with van der Waals surface area (Å²) in [5, 5.41) is 6.16. The van der Waals surface area contributed by atoms with Gasteiger partial charge in [0.25, 0.3) is 5.91 Å². The minimum Gasteiger partial charge on any atom is -0.459 e. The van der Waals surface area contributed by atoms with Crippen LogP contribution in [0.5, 0.6) is 0 Å². The second-order valence-electron chi connectivity index (χ2n) is 6.97. The predicted molar refractivity (Wildman–Crippen MR) is 109 cm³/mol. The van der Waals surface area contributed by atoms with Crippen molar-refractivity contribution >= 4 is 17.6 Å². The maximum Gasteiger partial charge on any atom is 0.291 e. The average Bonchev–Trinajstić information content (AvgIpc) is 3.36. The summed E-state index contributed by atoms with van der Waals surface area (Å²) in [6.45, 7) is 3.02. The topological polar surface area (TPSA) is 79.1 Å². The fraction of sp³-hybridized carbons (Fsp3) is 0.429. The molecule has 0 atom stereocenters. The molecule has 1 saturated carbocycles. The van der Waals surface area contributed by atoms with Gasteiger partial charge in [-0.15, -0.1) is 0 Å². The van der Waals surface area contributed by atoms with E-state index >= 15 is 0 Å². The molecule has 3 rings (SSSR count). The van der Waals surface area contributed by atoms with Crippen molar-refractivity contribution in [1.29, 1.82) is 0 Å². The second kappa shape index (κ2) is 9.94. The first kappa shape index (κ1) is 19.9. The van der Waals surface area contributed by atoms with E-state index in [1.54, 1.807) is 19.2 Å². The molecule has 1 aliphatic carbocycles. The van der Waals surface area contributed by atoms with Crippen LogP contribution in [0, 0.1) is 5.92 Å². The molecule has 0 saturated heterocycles. The molecule has 1 aliphatic rings. The molecular weight excluding hydrogens is 356 g/mol. The Kier molecular flexibility index (Phi) is 7.08. The number of nitrogens with zero attached hydrogens (tertiary/aromatic N) is 2. The lowest BCUT2D eigenvalue weighted by Crippen LogP contribution is -2.40. The molecule has 2 aromatic rings. The number of nitrogens with one attached hydrogen (secondary N) is 2. The first-order chi connectivity index (χ1) is 13.7. The molecule has 150 valence electrons. The standard InChI is InChI=1S/C21H28N4O3/c1-22-21(25(2)11-13-27-15-17-5-6-17)23-14-16-7-9-18(10-8-16)24-20(26)19-4-3-12-28-19/h3-4,7-10,12,17H,5-6,11,13-15H2,1-2H3,(H,22,23)(H,24,26). The largest absolute Gasteiger partial charge is 0.459 e. The smallest absolute Gasteiger partial charge is 0.291 e. The van der Waals surface area contributed by atoms with Crippen molar-refractivity contribution < 1.29 is 13.9 Å². The number of carbonyl (C=O) groups excluding carboxylic acids is 1. The van der Waals surface area contributed by atoms with E-state index in [1.165, 1.54) is 19.1 Å². The molecule has 7 nitrogen and oxygen atoms in total. The quantitative estimate of drug-likeness (QED) is 0.395. The van der Waals surface area contributed by atoms with Gasteiger partial charge in [0.1, 0.15) is 0 Å². The van der Waals surface area contributed by atoms with Crippen molar-refractivity contribution in [2.75, 3.05) is 39.2 Å². The van der Waals surface area contributed by atoms with Crippen LogP contribution in [0.25, 0.3) is 0 Å². The number of carbonyl (C=O) groups is 1. The first-order valence-corrected chi connectivity index (χ1v) is 9.59. The van der Waals surface area contributed by atoms with Crippen molar-refractivity contribution in [2.45, 2.75) is 19.4 Å². The Hall–Kier alpha value is -2.80. The molecule has 28 heavy (non-hydrogen) atoms.